The Bertz CT molecular complexity index is 771. The van der Waals surface area contributed by atoms with E-state index in [-0.39, 0.29) is 18.6 Å². The summed E-state index contributed by atoms with van der Waals surface area (Å²) < 4.78 is 10.6. The monoisotopic (exact) mass is 340 g/mol. The first-order chi connectivity index (χ1) is 12.1. The van der Waals surface area contributed by atoms with Gasteiger partial charge in [-0.15, -0.1) is 0 Å². The van der Waals surface area contributed by atoms with Crippen molar-refractivity contribution in [2.45, 2.75) is 26.3 Å². The fourth-order valence-electron chi connectivity index (χ4n) is 2.55. The van der Waals surface area contributed by atoms with Gasteiger partial charge in [0.1, 0.15) is 0 Å². The van der Waals surface area contributed by atoms with Gasteiger partial charge in [0.2, 0.25) is 18.6 Å². The minimum atomic E-state index is -0.107. The second-order valence-corrected chi connectivity index (χ2v) is 5.84. The van der Waals surface area contributed by atoms with E-state index in [4.69, 9.17) is 9.47 Å². The minimum Gasteiger partial charge on any atom is -0.454 e. The lowest BCUT2D eigenvalue weighted by Crippen LogP contribution is -2.23. The molecule has 2 amide bonds. The van der Waals surface area contributed by atoms with Crippen LogP contribution >= 0.6 is 0 Å². The molecule has 6 nitrogen and oxygen atoms in total. The van der Waals surface area contributed by atoms with Gasteiger partial charge in [-0.1, -0.05) is 18.2 Å². The van der Waals surface area contributed by atoms with Crippen molar-refractivity contribution in [1.82, 2.24) is 5.32 Å². The van der Waals surface area contributed by atoms with Gasteiger partial charge in [-0.05, 0) is 41.8 Å². The first-order valence-electron chi connectivity index (χ1n) is 8.12. The molecule has 130 valence electrons. The molecule has 0 bridgehead atoms. The molecular formula is C19H20N2O4. The highest BCUT2D eigenvalue weighted by atomic mass is 16.7. The van der Waals surface area contributed by atoms with Crippen LogP contribution in [0.3, 0.4) is 0 Å². The van der Waals surface area contributed by atoms with Crippen molar-refractivity contribution in [3.8, 4) is 11.5 Å². The molecule has 1 aliphatic heterocycles. The minimum absolute atomic E-state index is 0.0106. The van der Waals surface area contributed by atoms with Gasteiger partial charge in [0.05, 0.1) is 0 Å². The Kier molecular flexibility index (Phi) is 5.18. The van der Waals surface area contributed by atoms with E-state index in [1.807, 2.05) is 42.5 Å². The number of carbonyl (C=O) groups is 2. The number of ether oxygens (including phenoxy) is 2. The molecule has 1 heterocycles. The molecule has 25 heavy (non-hydrogen) atoms. The molecule has 0 fully saturated rings. The summed E-state index contributed by atoms with van der Waals surface area (Å²) in [5, 5.41) is 5.61. The molecule has 0 radical (unpaired) electrons. The summed E-state index contributed by atoms with van der Waals surface area (Å²) in [5.41, 5.74) is 2.76. The summed E-state index contributed by atoms with van der Waals surface area (Å²) in [7, 11) is 0. The van der Waals surface area contributed by atoms with Gasteiger partial charge in [0.25, 0.3) is 0 Å². The molecule has 0 saturated carbocycles. The number of carbonyl (C=O) groups excluding carboxylic acids is 2. The smallest absolute Gasteiger partial charge is 0.231 e. The number of fused-ring (bicyclic) bond motifs is 1. The summed E-state index contributed by atoms with van der Waals surface area (Å²) in [5.74, 6) is 1.36. The van der Waals surface area contributed by atoms with Crippen LogP contribution in [-0.4, -0.2) is 18.6 Å². The van der Waals surface area contributed by atoms with E-state index in [2.05, 4.69) is 10.6 Å². The van der Waals surface area contributed by atoms with Crippen molar-refractivity contribution in [2.75, 3.05) is 12.1 Å². The standard InChI is InChI=1S/C19H20N2O4/c1-13(22)21-16-6-2-15(3-7-16)11-20-19(23)9-5-14-4-8-17-18(10-14)25-12-24-17/h2-4,6-8,10H,5,9,11-12H2,1H3,(H,20,23)(H,21,22). The Morgan fingerprint density at radius 3 is 2.48 bits per heavy atom. The van der Waals surface area contributed by atoms with Crippen molar-refractivity contribution in [1.29, 1.82) is 0 Å². The molecule has 1 aliphatic rings. The third kappa shape index (κ3) is 4.73. The average molecular weight is 340 g/mol. The number of nitrogens with one attached hydrogen (secondary N) is 2. The van der Waals surface area contributed by atoms with Crippen LogP contribution in [0.5, 0.6) is 11.5 Å². The second kappa shape index (κ2) is 7.70. The zero-order chi connectivity index (χ0) is 17.6. The normalized spacial score (nSPS) is 11.9. The van der Waals surface area contributed by atoms with Gasteiger partial charge >= 0.3 is 0 Å². The first-order valence-corrected chi connectivity index (χ1v) is 8.12. The van der Waals surface area contributed by atoms with Crippen molar-refractivity contribution < 1.29 is 19.1 Å². The number of benzene rings is 2. The first kappa shape index (κ1) is 16.8. The maximum absolute atomic E-state index is 12.0. The van der Waals surface area contributed by atoms with Crippen LogP contribution < -0.4 is 20.1 Å². The zero-order valence-corrected chi connectivity index (χ0v) is 14.0. The molecule has 0 spiro atoms. The van der Waals surface area contributed by atoms with E-state index >= 15 is 0 Å². The van der Waals surface area contributed by atoms with Gasteiger partial charge in [0.15, 0.2) is 11.5 Å². The van der Waals surface area contributed by atoms with Crippen molar-refractivity contribution in [3.63, 3.8) is 0 Å². The molecule has 0 saturated heterocycles. The molecule has 0 aromatic heterocycles. The predicted octanol–water partition coefficient (Wildman–Crippen LogP) is 2.62. The fourth-order valence-corrected chi connectivity index (χ4v) is 2.55. The van der Waals surface area contributed by atoms with Gasteiger partial charge in [0, 0.05) is 25.6 Å². The molecule has 2 aromatic rings. The highest BCUT2D eigenvalue weighted by Gasteiger charge is 2.13. The average Bonchev–Trinajstić information content (AvgIpc) is 3.06. The maximum atomic E-state index is 12.0. The Balaban J connectivity index is 1.44. The van der Waals surface area contributed by atoms with E-state index in [1.54, 1.807) is 0 Å². The third-order valence-electron chi connectivity index (χ3n) is 3.84. The topological polar surface area (TPSA) is 76.7 Å². The zero-order valence-electron chi connectivity index (χ0n) is 14.0. The van der Waals surface area contributed by atoms with Crippen LogP contribution in [0, 0.1) is 0 Å². The van der Waals surface area contributed by atoms with E-state index < -0.39 is 0 Å². The predicted molar refractivity (Wildman–Crippen MR) is 93.5 cm³/mol. The van der Waals surface area contributed by atoms with E-state index in [0.29, 0.717) is 19.4 Å². The molecule has 2 aromatic carbocycles. The molecule has 6 heteroatoms. The second-order valence-electron chi connectivity index (χ2n) is 5.84. The fraction of sp³-hybridized carbons (Fsp3) is 0.263. The summed E-state index contributed by atoms with van der Waals surface area (Å²) in [6.07, 6.45) is 1.05. The van der Waals surface area contributed by atoms with Gasteiger partial charge in [-0.25, -0.2) is 0 Å². The van der Waals surface area contributed by atoms with E-state index in [0.717, 1.165) is 28.3 Å². The number of hydrogen-bond donors (Lipinski definition) is 2. The number of hydrogen-bond acceptors (Lipinski definition) is 4. The van der Waals surface area contributed by atoms with E-state index in [9.17, 15) is 9.59 Å². The number of anilines is 1. The van der Waals surface area contributed by atoms with E-state index in [1.165, 1.54) is 6.92 Å². The molecule has 0 unspecified atom stereocenters. The lowest BCUT2D eigenvalue weighted by Gasteiger charge is -2.07. The molecule has 3 rings (SSSR count). The van der Waals surface area contributed by atoms with Crippen molar-refractivity contribution >= 4 is 17.5 Å². The van der Waals surface area contributed by atoms with Gasteiger partial charge in [-0.2, -0.15) is 0 Å². The van der Waals surface area contributed by atoms with Crippen LogP contribution in [0.25, 0.3) is 0 Å². The van der Waals surface area contributed by atoms with Gasteiger partial charge in [-0.3, -0.25) is 9.59 Å². The highest BCUT2D eigenvalue weighted by Crippen LogP contribution is 2.32. The highest BCUT2D eigenvalue weighted by molar-refractivity contribution is 5.88. The molecule has 0 aliphatic carbocycles. The van der Waals surface area contributed by atoms with Crippen LogP contribution in [0.15, 0.2) is 42.5 Å². The van der Waals surface area contributed by atoms with Crippen LogP contribution in [-0.2, 0) is 22.6 Å². The third-order valence-corrected chi connectivity index (χ3v) is 3.84. The molecular weight excluding hydrogens is 320 g/mol. The lowest BCUT2D eigenvalue weighted by atomic mass is 10.1. The number of amides is 2. The van der Waals surface area contributed by atoms with Crippen molar-refractivity contribution in [3.05, 3.63) is 53.6 Å². The van der Waals surface area contributed by atoms with Crippen LogP contribution in [0.1, 0.15) is 24.5 Å². The quantitative estimate of drug-likeness (QED) is 0.847. The molecule has 0 atom stereocenters. The summed E-state index contributed by atoms with van der Waals surface area (Å²) in [6.45, 7) is 2.18. The van der Waals surface area contributed by atoms with Crippen LogP contribution in [0.4, 0.5) is 5.69 Å². The molecule has 2 N–H and O–H groups in total. The Morgan fingerprint density at radius 1 is 1.00 bits per heavy atom. The Labute approximate surface area is 146 Å². The lowest BCUT2D eigenvalue weighted by molar-refractivity contribution is -0.121. The summed E-state index contributed by atoms with van der Waals surface area (Å²) >= 11 is 0. The number of aryl methyl sites for hydroxylation is 1. The Morgan fingerprint density at radius 2 is 1.72 bits per heavy atom. The van der Waals surface area contributed by atoms with Crippen molar-refractivity contribution in [2.24, 2.45) is 0 Å². The largest absolute Gasteiger partial charge is 0.454 e. The number of rotatable bonds is 6. The summed E-state index contributed by atoms with van der Waals surface area (Å²) in [4.78, 5) is 23.0. The van der Waals surface area contributed by atoms with Crippen LogP contribution in [0.2, 0.25) is 0 Å². The van der Waals surface area contributed by atoms with Gasteiger partial charge < -0.3 is 20.1 Å². The SMILES string of the molecule is CC(=O)Nc1ccc(CNC(=O)CCc2ccc3c(c2)OCO3)cc1. The summed E-state index contributed by atoms with van der Waals surface area (Å²) in [6, 6.07) is 13.1. The Hall–Kier alpha value is -3.02. The maximum Gasteiger partial charge on any atom is 0.231 e.